The Morgan fingerprint density at radius 3 is 2.62 bits per heavy atom. The number of H-pyrrole nitrogens is 1. The van der Waals surface area contributed by atoms with Crippen LogP contribution in [0.15, 0.2) is 48.5 Å². The molecule has 1 unspecified atom stereocenters. The normalized spacial score (nSPS) is 20.5. The molecule has 6 heteroatoms. The van der Waals surface area contributed by atoms with Crippen LogP contribution in [0.4, 0.5) is 0 Å². The second-order valence-electron chi connectivity index (χ2n) is 6.89. The first-order valence-corrected chi connectivity index (χ1v) is 8.79. The lowest BCUT2D eigenvalue weighted by Gasteiger charge is -2.31. The molecule has 0 radical (unpaired) electrons. The summed E-state index contributed by atoms with van der Waals surface area (Å²) in [7, 11) is 0. The molecule has 1 aliphatic carbocycles. The average molecular weight is 351 g/mol. The Morgan fingerprint density at radius 2 is 1.92 bits per heavy atom. The fourth-order valence-electron chi connectivity index (χ4n) is 3.31. The number of imidazole rings is 1. The van der Waals surface area contributed by atoms with Crippen molar-refractivity contribution in [3.05, 3.63) is 59.9 Å². The number of benzene rings is 2. The number of nitrogens with zero attached hydrogens (tertiary/aromatic N) is 1. The van der Waals surface area contributed by atoms with Crippen molar-refractivity contribution < 1.29 is 15.0 Å². The monoisotopic (exact) mass is 351 g/mol. The van der Waals surface area contributed by atoms with Crippen LogP contribution in [0, 0.1) is 5.92 Å². The van der Waals surface area contributed by atoms with E-state index in [1.54, 1.807) is 12.1 Å². The highest BCUT2D eigenvalue weighted by molar-refractivity contribution is 5.80. The number of aromatic hydroxyl groups is 1. The van der Waals surface area contributed by atoms with Crippen molar-refractivity contribution in [3.63, 3.8) is 0 Å². The third kappa shape index (κ3) is 3.41. The predicted molar refractivity (Wildman–Crippen MR) is 97.5 cm³/mol. The zero-order chi connectivity index (χ0) is 18.1. The molecule has 1 amide bonds. The minimum Gasteiger partial charge on any atom is -0.508 e. The minimum atomic E-state index is -0.368. The summed E-state index contributed by atoms with van der Waals surface area (Å²) in [6.45, 7) is 0. The van der Waals surface area contributed by atoms with E-state index in [2.05, 4.69) is 15.3 Å². The van der Waals surface area contributed by atoms with E-state index in [4.69, 9.17) is 0 Å². The van der Waals surface area contributed by atoms with E-state index in [9.17, 15) is 15.0 Å². The summed E-state index contributed by atoms with van der Waals surface area (Å²) in [5, 5.41) is 22.0. The topological polar surface area (TPSA) is 98.2 Å². The summed E-state index contributed by atoms with van der Waals surface area (Å²) < 4.78 is 0. The number of aliphatic hydroxyl groups excluding tert-OH is 1. The van der Waals surface area contributed by atoms with Gasteiger partial charge in [0.1, 0.15) is 11.6 Å². The van der Waals surface area contributed by atoms with E-state index < -0.39 is 0 Å². The number of para-hydroxylation sites is 2. The second-order valence-corrected chi connectivity index (χ2v) is 6.89. The Kier molecular flexibility index (Phi) is 4.34. The van der Waals surface area contributed by atoms with Gasteiger partial charge in [0.2, 0.25) is 5.91 Å². The Labute approximate surface area is 150 Å². The van der Waals surface area contributed by atoms with Gasteiger partial charge in [-0.2, -0.15) is 0 Å². The molecule has 0 aliphatic heterocycles. The van der Waals surface area contributed by atoms with Gasteiger partial charge >= 0.3 is 0 Å². The maximum atomic E-state index is 12.5. The van der Waals surface area contributed by atoms with Crippen molar-refractivity contribution in [1.82, 2.24) is 15.3 Å². The molecule has 1 saturated carbocycles. The number of hydrogen-bond donors (Lipinski definition) is 4. The number of nitrogens with one attached hydrogen (secondary N) is 2. The van der Waals surface area contributed by atoms with Gasteiger partial charge in [-0.1, -0.05) is 24.3 Å². The second kappa shape index (κ2) is 6.80. The third-order valence-corrected chi connectivity index (χ3v) is 4.91. The van der Waals surface area contributed by atoms with E-state index in [0.29, 0.717) is 25.1 Å². The Morgan fingerprint density at radius 1 is 1.19 bits per heavy atom. The van der Waals surface area contributed by atoms with Crippen molar-refractivity contribution in [2.45, 2.75) is 31.4 Å². The molecule has 6 nitrogen and oxygen atoms in total. The molecule has 0 saturated heterocycles. The largest absolute Gasteiger partial charge is 0.508 e. The molecule has 1 aromatic heterocycles. The van der Waals surface area contributed by atoms with E-state index in [-0.39, 0.29) is 29.7 Å². The van der Waals surface area contributed by atoms with E-state index in [1.165, 1.54) is 0 Å². The van der Waals surface area contributed by atoms with Gasteiger partial charge in [0, 0.05) is 5.92 Å². The molecule has 3 aromatic rings. The van der Waals surface area contributed by atoms with Gasteiger partial charge in [-0.3, -0.25) is 4.79 Å². The van der Waals surface area contributed by atoms with Gasteiger partial charge in [-0.25, -0.2) is 4.98 Å². The Bertz CT molecular complexity index is 880. The number of hydrogen-bond acceptors (Lipinski definition) is 4. The highest BCUT2D eigenvalue weighted by Gasteiger charge is 2.34. The fourth-order valence-corrected chi connectivity index (χ4v) is 3.31. The van der Waals surface area contributed by atoms with Crippen LogP contribution < -0.4 is 5.32 Å². The molecule has 2 aromatic carbocycles. The van der Waals surface area contributed by atoms with E-state index in [0.717, 1.165) is 16.6 Å². The molecule has 1 fully saturated rings. The van der Waals surface area contributed by atoms with Gasteiger partial charge in [0.25, 0.3) is 0 Å². The molecular formula is C20H21N3O3. The van der Waals surface area contributed by atoms with Gasteiger partial charge < -0.3 is 20.5 Å². The number of phenolic OH excluding ortho intramolecular Hbond substituents is 1. The number of carbonyl (C=O) groups is 1. The molecule has 1 aliphatic rings. The lowest BCUT2D eigenvalue weighted by molar-refractivity contribution is -0.132. The van der Waals surface area contributed by atoms with Crippen molar-refractivity contribution >= 4 is 16.9 Å². The molecule has 0 bridgehead atoms. The molecular weight excluding hydrogens is 330 g/mol. The molecule has 26 heavy (non-hydrogen) atoms. The zero-order valence-corrected chi connectivity index (χ0v) is 14.2. The van der Waals surface area contributed by atoms with Crippen LogP contribution in [0.5, 0.6) is 5.75 Å². The highest BCUT2D eigenvalue weighted by atomic mass is 16.3. The summed E-state index contributed by atoms with van der Waals surface area (Å²) in [6.07, 6.45) is 1.21. The van der Waals surface area contributed by atoms with Crippen LogP contribution in [0.1, 0.15) is 30.3 Å². The van der Waals surface area contributed by atoms with Crippen LogP contribution in [-0.2, 0) is 11.2 Å². The molecule has 1 heterocycles. The molecule has 4 rings (SSSR count). The third-order valence-electron chi connectivity index (χ3n) is 4.91. The van der Waals surface area contributed by atoms with Crippen LogP contribution in [0.25, 0.3) is 11.0 Å². The highest BCUT2D eigenvalue weighted by Crippen LogP contribution is 2.29. The standard InChI is InChI=1S/C20H21N3O3/c24-14-7-5-12(6-8-14)9-18(23-20(26)13-10-15(25)11-13)19-21-16-3-1-2-4-17(16)22-19/h1-8,13,15,18,24-25H,9-11H2,(H,21,22)(H,23,26). The maximum absolute atomic E-state index is 12.5. The quantitative estimate of drug-likeness (QED) is 0.567. The van der Waals surface area contributed by atoms with Crippen LogP contribution in [-0.4, -0.2) is 32.2 Å². The van der Waals surface area contributed by atoms with Crippen LogP contribution >= 0.6 is 0 Å². The van der Waals surface area contributed by atoms with Crippen molar-refractivity contribution in [3.8, 4) is 5.75 Å². The summed E-state index contributed by atoms with van der Waals surface area (Å²) in [4.78, 5) is 20.4. The van der Waals surface area contributed by atoms with Crippen molar-refractivity contribution in [1.29, 1.82) is 0 Å². The molecule has 4 N–H and O–H groups in total. The van der Waals surface area contributed by atoms with Crippen molar-refractivity contribution in [2.75, 3.05) is 0 Å². The molecule has 134 valence electrons. The van der Waals surface area contributed by atoms with Gasteiger partial charge in [0.15, 0.2) is 0 Å². The van der Waals surface area contributed by atoms with E-state index in [1.807, 2.05) is 36.4 Å². The average Bonchev–Trinajstić information content (AvgIpc) is 3.04. The summed E-state index contributed by atoms with van der Waals surface area (Å²) in [6, 6.07) is 14.4. The first kappa shape index (κ1) is 16.6. The van der Waals surface area contributed by atoms with Crippen LogP contribution in [0.3, 0.4) is 0 Å². The number of aliphatic hydroxyl groups is 1. The molecule has 1 atom stereocenters. The minimum absolute atomic E-state index is 0.0560. The number of amides is 1. The SMILES string of the molecule is O=C(NC(Cc1ccc(O)cc1)c1nc2ccccc2[nH]1)C1CC(O)C1. The smallest absolute Gasteiger partial charge is 0.223 e. The number of aromatic nitrogens is 2. The number of fused-ring (bicyclic) bond motifs is 1. The predicted octanol–water partition coefficient (Wildman–Crippen LogP) is 2.44. The zero-order valence-electron chi connectivity index (χ0n) is 14.2. The van der Waals surface area contributed by atoms with Gasteiger partial charge in [-0.15, -0.1) is 0 Å². The number of aromatic amines is 1. The van der Waals surface area contributed by atoms with E-state index >= 15 is 0 Å². The van der Waals surface area contributed by atoms with Crippen LogP contribution in [0.2, 0.25) is 0 Å². The summed E-state index contributed by atoms with van der Waals surface area (Å²) >= 11 is 0. The fraction of sp³-hybridized carbons (Fsp3) is 0.300. The van der Waals surface area contributed by atoms with Gasteiger partial charge in [-0.05, 0) is 49.1 Å². The Balaban J connectivity index is 1.59. The lowest BCUT2D eigenvalue weighted by Crippen LogP contribution is -2.43. The molecule has 0 spiro atoms. The van der Waals surface area contributed by atoms with Gasteiger partial charge in [0.05, 0.1) is 23.2 Å². The first-order chi connectivity index (χ1) is 12.6. The maximum Gasteiger partial charge on any atom is 0.223 e. The summed E-state index contributed by atoms with van der Waals surface area (Å²) in [5.74, 6) is 0.713. The number of phenols is 1. The summed E-state index contributed by atoms with van der Waals surface area (Å²) in [5.41, 5.74) is 2.76. The van der Waals surface area contributed by atoms with Crippen molar-refractivity contribution in [2.24, 2.45) is 5.92 Å². The first-order valence-electron chi connectivity index (χ1n) is 8.79. The number of rotatable bonds is 5. The number of carbonyl (C=O) groups excluding carboxylic acids is 1. The lowest BCUT2D eigenvalue weighted by atomic mass is 9.81. The Hall–Kier alpha value is -2.86.